The van der Waals surface area contributed by atoms with Crippen LogP contribution in [-0.4, -0.2) is 26.9 Å². The number of anilines is 2. The van der Waals surface area contributed by atoms with Crippen LogP contribution in [0.4, 0.5) is 11.4 Å². The number of nitrogens with one attached hydrogen (secondary N) is 2. The number of ether oxygens (including phenoxy) is 1. The predicted molar refractivity (Wildman–Crippen MR) is 137 cm³/mol. The predicted octanol–water partition coefficient (Wildman–Crippen LogP) is 5.24. The highest BCUT2D eigenvalue weighted by Crippen LogP contribution is 2.19. The molecule has 0 aliphatic rings. The molecule has 0 unspecified atom stereocenters. The molecule has 3 rings (SSSR count). The fraction of sp³-hybridized carbons (Fsp3) is 0.259. The van der Waals surface area contributed by atoms with Crippen LogP contribution < -0.4 is 10.0 Å². The van der Waals surface area contributed by atoms with Crippen molar-refractivity contribution < 1.29 is 22.7 Å². The fourth-order valence-corrected chi connectivity index (χ4v) is 4.69. The lowest BCUT2D eigenvalue weighted by atomic mass is 10.1. The van der Waals surface area contributed by atoms with Crippen molar-refractivity contribution >= 4 is 33.3 Å². The summed E-state index contributed by atoms with van der Waals surface area (Å²) in [5, 5.41) is 2.69. The zero-order valence-corrected chi connectivity index (χ0v) is 20.9. The molecular weight excluding hydrogens is 464 g/mol. The summed E-state index contributed by atoms with van der Waals surface area (Å²) in [6.45, 7) is 5.46. The molecule has 1 amide bonds. The van der Waals surface area contributed by atoms with E-state index >= 15 is 0 Å². The van der Waals surface area contributed by atoms with Crippen molar-refractivity contribution in [2.45, 2.75) is 44.9 Å². The van der Waals surface area contributed by atoms with Crippen molar-refractivity contribution in [1.29, 1.82) is 0 Å². The maximum absolute atomic E-state index is 12.8. The van der Waals surface area contributed by atoms with E-state index in [-0.39, 0.29) is 10.5 Å². The summed E-state index contributed by atoms with van der Waals surface area (Å²) in [7, 11) is -3.92. The standard InChI is InChI=1S/C27H30N2O5S/c1-4-5-7-21-10-12-23(13-11-21)29-35(32,33)25-9-6-8-22(17-25)27(31)34-18-26(30)28-24-15-19(2)14-20(3)16-24/h6,8-17,29H,4-5,7,18H2,1-3H3,(H,28,30). The highest BCUT2D eigenvalue weighted by molar-refractivity contribution is 7.92. The lowest BCUT2D eigenvalue weighted by Crippen LogP contribution is -2.21. The number of rotatable bonds is 10. The van der Waals surface area contributed by atoms with Crippen molar-refractivity contribution in [2.24, 2.45) is 0 Å². The van der Waals surface area contributed by atoms with E-state index < -0.39 is 28.5 Å². The lowest BCUT2D eigenvalue weighted by Gasteiger charge is -2.11. The Balaban J connectivity index is 1.61. The quantitative estimate of drug-likeness (QED) is 0.375. The topological polar surface area (TPSA) is 102 Å². The monoisotopic (exact) mass is 494 g/mol. The number of sulfonamides is 1. The summed E-state index contributed by atoms with van der Waals surface area (Å²) in [5.41, 5.74) is 4.21. The third-order valence-electron chi connectivity index (χ3n) is 5.24. The van der Waals surface area contributed by atoms with Gasteiger partial charge in [0.2, 0.25) is 0 Å². The van der Waals surface area contributed by atoms with Crippen LogP contribution >= 0.6 is 0 Å². The Hall–Kier alpha value is -3.65. The first kappa shape index (κ1) is 26.0. The van der Waals surface area contributed by atoms with Crippen molar-refractivity contribution in [3.05, 3.63) is 89.0 Å². The van der Waals surface area contributed by atoms with Gasteiger partial charge in [-0.1, -0.05) is 37.6 Å². The van der Waals surface area contributed by atoms with Crippen LogP contribution in [-0.2, 0) is 26.0 Å². The number of esters is 1. The van der Waals surface area contributed by atoms with Crippen molar-refractivity contribution in [3.8, 4) is 0 Å². The van der Waals surface area contributed by atoms with Gasteiger partial charge >= 0.3 is 5.97 Å². The number of hydrogen-bond donors (Lipinski definition) is 2. The second-order valence-electron chi connectivity index (χ2n) is 8.43. The fourth-order valence-electron chi connectivity index (χ4n) is 3.58. The van der Waals surface area contributed by atoms with Crippen LogP contribution in [0.2, 0.25) is 0 Å². The normalized spacial score (nSPS) is 11.1. The largest absolute Gasteiger partial charge is 0.452 e. The van der Waals surface area contributed by atoms with Crippen LogP contribution in [0.25, 0.3) is 0 Å². The average Bonchev–Trinajstić information content (AvgIpc) is 2.81. The van der Waals surface area contributed by atoms with Gasteiger partial charge in [-0.25, -0.2) is 13.2 Å². The number of aryl methyl sites for hydroxylation is 3. The van der Waals surface area contributed by atoms with Crippen LogP contribution in [0, 0.1) is 13.8 Å². The Morgan fingerprint density at radius 1 is 0.886 bits per heavy atom. The van der Waals surface area contributed by atoms with Gasteiger partial charge < -0.3 is 10.1 Å². The molecule has 0 saturated heterocycles. The minimum absolute atomic E-state index is 0.0296. The van der Waals surface area contributed by atoms with Gasteiger partial charge in [0.15, 0.2) is 6.61 Å². The Morgan fingerprint density at radius 2 is 1.57 bits per heavy atom. The molecule has 0 heterocycles. The van der Waals surface area contributed by atoms with Gasteiger partial charge in [0.05, 0.1) is 10.5 Å². The van der Waals surface area contributed by atoms with Gasteiger partial charge in [-0.05, 0) is 85.8 Å². The second-order valence-corrected chi connectivity index (χ2v) is 10.1. The van der Waals surface area contributed by atoms with E-state index in [4.69, 9.17) is 4.74 Å². The molecule has 0 aliphatic carbocycles. The second kappa shape index (κ2) is 11.7. The van der Waals surface area contributed by atoms with Crippen LogP contribution in [0.3, 0.4) is 0 Å². The summed E-state index contributed by atoms with van der Waals surface area (Å²) >= 11 is 0. The van der Waals surface area contributed by atoms with Crippen molar-refractivity contribution in [3.63, 3.8) is 0 Å². The van der Waals surface area contributed by atoms with Gasteiger partial charge in [0, 0.05) is 11.4 Å². The van der Waals surface area contributed by atoms with Crippen LogP contribution in [0.15, 0.2) is 71.6 Å². The SMILES string of the molecule is CCCCc1ccc(NS(=O)(=O)c2cccc(C(=O)OCC(=O)Nc3cc(C)cc(C)c3)c2)cc1. The van der Waals surface area contributed by atoms with Crippen molar-refractivity contribution in [2.75, 3.05) is 16.6 Å². The molecule has 0 aromatic heterocycles. The van der Waals surface area contributed by atoms with Gasteiger partial charge in [0.1, 0.15) is 0 Å². The summed E-state index contributed by atoms with van der Waals surface area (Å²) in [6, 6.07) is 18.3. The van der Waals surface area contributed by atoms with E-state index in [1.807, 2.05) is 44.2 Å². The molecule has 35 heavy (non-hydrogen) atoms. The van der Waals surface area contributed by atoms with E-state index in [2.05, 4.69) is 17.0 Å². The highest BCUT2D eigenvalue weighted by atomic mass is 32.2. The summed E-state index contributed by atoms with van der Waals surface area (Å²) < 4.78 is 33.3. The number of benzene rings is 3. The molecule has 0 fully saturated rings. The molecule has 8 heteroatoms. The zero-order chi connectivity index (χ0) is 25.4. The lowest BCUT2D eigenvalue weighted by molar-refractivity contribution is -0.119. The van der Waals surface area contributed by atoms with E-state index in [0.29, 0.717) is 11.4 Å². The van der Waals surface area contributed by atoms with Gasteiger partial charge in [-0.2, -0.15) is 0 Å². The van der Waals surface area contributed by atoms with Gasteiger partial charge in [-0.3, -0.25) is 9.52 Å². The Bertz CT molecular complexity index is 1280. The molecule has 0 bridgehead atoms. The Labute approximate surface area is 206 Å². The third kappa shape index (κ3) is 7.68. The molecule has 7 nitrogen and oxygen atoms in total. The number of amides is 1. The minimum Gasteiger partial charge on any atom is -0.452 e. The molecule has 0 atom stereocenters. The molecule has 3 aromatic rings. The molecule has 0 aliphatic heterocycles. The van der Waals surface area contributed by atoms with Gasteiger partial charge in [0.25, 0.3) is 15.9 Å². The van der Waals surface area contributed by atoms with Gasteiger partial charge in [-0.15, -0.1) is 0 Å². The maximum Gasteiger partial charge on any atom is 0.338 e. The number of unbranched alkanes of at least 4 members (excludes halogenated alkanes) is 1. The molecule has 0 spiro atoms. The highest BCUT2D eigenvalue weighted by Gasteiger charge is 2.18. The number of hydrogen-bond acceptors (Lipinski definition) is 5. The maximum atomic E-state index is 12.8. The van der Waals surface area contributed by atoms with E-state index in [9.17, 15) is 18.0 Å². The minimum atomic E-state index is -3.92. The molecule has 2 N–H and O–H groups in total. The first-order valence-corrected chi connectivity index (χ1v) is 12.9. The Kier molecular flexibility index (Phi) is 8.65. The van der Waals surface area contributed by atoms with Crippen LogP contribution in [0.5, 0.6) is 0 Å². The molecular formula is C27H30N2O5S. The first-order chi connectivity index (χ1) is 16.7. The first-order valence-electron chi connectivity index (χ1n) is 11.4. The molecule has 184 valence electrons. The Morgan fingerprint density at radius 3 is 2.23 bits per heavy atom. The summed E-state index contributed by atoms with van der Waals surface area (Å²) in [6.07, 6.45) is 3.10. The average molecular weight is 495 g/mol. The van der Waals surface area contributed by atoms with E-state index in [1.54, 1.807) is 12.1 Å². The van der Waals surface area contributed by atoms with Crippen molar-refractivity contribution in [1.82, 2.24) is 0 Å². The molecule has 0 radical (unpaired) electrons. The molecule has 3 aromatic carbocycles. The third-order valence-corrected chi connectivity index (χ3v) is 6.62. The van der Waals surface area contributed by atoms with Crippen LogP contribution in [0.1, 0.15) is 46.8 Å². The number of carbonyl (C=O) groups is 2. The summed E-state index contributed by atoms with van der Waals surface area (Å²) in [4.78, 5) is 24.6. The smallest absolute Gasteiger partial charge is 0.338 e. The van der Waals surface area contributed by atoms with E-state index in [1.165, 1.54) is 24.3 Å². The number of carbonyl (C=O) groups excluding carboxylic acids is 2. The molecule has 0 saturated carbocycles. The zero-order valence-electron chi connectivity index (χ0n) is 20.1. The van der Waals surface area contributed by atoms with E-state index in [0.717, 1.165) is 36.0 Å². The summed E-state index contributed by atoms with van der Waals surface area (Å²) in [5.74, 6) is -1.28.